The van der Waals surface area contributed by atoms with Crippen molar-refractivity contribution >= 4 is 15.9 Å². The normalized spacial score (nSPS) is 10.6. The quantitative estimate of drug-likeness (QED) is 0.870. The summed E-state index contributed by atoms with van der Waals surface area (Å²) in [7, 11) is 1.86. The van der Waals surface area contributed by atoms with Crippen LogP contribution in [0, 0.1) is 12.7 Å². The Balaban J connectivity index is 2.10. The van der Waals surface area contributed by atoms with Gasteiger partial charge in [-0.1, -0.05) is 15.9 Å². The van der Waals surface area contributed by atoms with Crippen LogP contribution in [0.5, 0.6) is 5.75 Å². The Kier molecular flexibility index (Phi) is 3.47. The number of hydrogen-bond acceptors (Lipinski definition) is 2. The van der Waals surface area contributed by atoms with Gasteiger partial charge in [0.1, 0.15) is 6.61 Å². The minimum atomic E-state index is -0.374. The lowest BCUT2D eigenvalue weighted by Gasteiger charge is -2.07. The number of aryl methyl sites for hydroxylation is 1. The maximum Gasteiger partial charge on any atom is 0.166 e. The molecule has 0 atom stereocenters. The van der Waals surface area contributed by atoms with Gasteiger partial charge in [-0.15, -0.1) is 0 Å². The van der Waals surface area contributed by atoms with Crippen LogP contribution in [0.15, 0.2) is 28.9 Å². The largest absolute Gasteiger partial charge is 0.486 e. The summed E-state index contributed by atoms with van der Waals surface area (Å²) in [5.41, 5.74) is 1.97. The second kappa shape index (κ2) is 4.87. The molecule has 0 bridgehead atoms. The van der Waals surface area contributed by atoms with E-state index in [0.29, 0.717) is 11.1 Å². The molecule has 0 N–H and O–H groups in total. The van der Waals surface area contributed by atoms with Crippen molar-refractivity contribution in [1.82, 2.24) is 9.78 Å². The molecule has 2 aromatic rings. The second-order valence-electron chi connectivity index (χ2n) is 3.74. The lowest BCUT2D eigenvalue weighted by atomic mass is 10.3. The lowest BCUT2D eigenvalue weighted by Crippen LogP contribution is -1.99. The number of ether oxygens (including phenoxy) is 1. The molecule has 0 radical (unpaired) electrons. The average Bonchev–Trinajstić information content (AvgIpc) is 2.59. The third-order valence-corrected chi connectivity index (χ3v) is 3.11. The highest BCUT2D eigenvalue weighted by Crippen LogP contribution is 2.22. The number of nitrogens with zero attached hydrogens (tertiary/aromatic N) is 2. The molecule has 3 nitrogen and oxygen atoms in total. The van der Waals surface area contributed by atoms with Gasteiger partial charge in [0.2, 0.25) is 0 Å². The number of benzene rings is 1. The molecule has 1 heterocycles. The van der Waals surface area contributed by atoms with Crippen molar-refractivity contribution in [2.24, 2.45) is 7.05 Å². The molecule has 0 aliphatic rings. The Hall–Kier alpha value is -1.36. The van der Waals surface area contributed by atoms with E-state index in [1.807, 2.05) is 14.0 Å². The number of halogens is 2. The number of hydrogen-bond donors (Lipinski definition) is 0. The molecule has 0 aliphatic carbocycles. The maximum atomic E-state index is 13.5. The summed E-state index contributed by atoms with van der Waals surface area (Å²) >= 11 is 3.20. The number of rotatable bonds is 3. The predicted octanol–water partition coefficient (Wildman–Crippen LogP) is 3.21. The molecule has 0 saturated carbocycles. The van der Waals surface area contributed by atoms with Crippen molar-refractivity contribution in [3.8, 4) is 5.75 Å². The van der Waals surface area contributed by atoms with E-state index >= 15 is 0 Å². The average molecular weight is 299 g/mol. The highest BCUT2D eigenvalue weighted by atomic mass is 79.9. The van der Waals surface area contributed by atoms with Crippen LogP contribution >= 0.6 is 15.9 Å². The Labute approximate surface area is 107 Å². The monoisotopic (exact) mass is 298 g/mol. The number of aromatic nitrogens is 2. The van der Waals surface area contributed by atoms with E-state index in [-0.39, 0.29) is 11.6 Å². The molecule has 0 saturated heterocycles. The highest BCUT2D eigenvalue weighted by Gasteiger charge is 2.07. The molecular weight excluding hydrogens is 287 g/mol. The zero-order valence-electron chi connectivity index (χ0n) is 9.58. The van der Waals surface area contributed by atoms with Crippen molar-refractivity contribution in [2.75, 3.05) is 0 Å². The van der Waals surface area contributed by atoms with E-state index in [2.05, 4.69) is 21.0 Å². The van der Waals surface area contributed by atoms with Crippen LogP contribution in [0.25, 0.3) is 0 Å². The van der Waals surface area contributed by atoms with Crippen molar-refractivity contribution < 1.29 is 9.13 Å². The molecule has 0 unspecified atom stereocenters. The third kappa shape index (κ3) is 2.66. The minimum Gasteiger partial charge on any atom is -0.486 e. The fourth-order valence-electron chi connectivity index (χ4n) is 1.43. The molecule has 0 fully saturated rings. The van der Waals surface area contributed by atoms with Crippen LogP contribution in [-0.4, -0.2) is 9.78 Å². The summed E-state index contributed by atoms with van der Waals surface area (Å²) in [6.45, 7) is 2.27. The topological polar surface area (TPSA) is 27.1 Å². The van der Waals surface area contributed by atoms with Gasteiger partial charge in [0, 0.05) is 22.8 Å². The van der Waals surface area contributed by atoms with E-state index in [9.17, 15) is 4.39 Å². The molecular formula is C12H12BrFN2O. The van der Waals surface area contributed by atoms with Crippen LogP contribution in [0.2, 0.25) is 0 Å². The van der Waals surface area contributed by atoms with Crippen molar-refractivity contribution in [1.29, 1.82) is 0 Å². The smallest absolute Gasteiger partial charge is 0.166 e. The van der Waals surface area contributed by atoms with Crippen molar-refractivity contribution in [3.05, 3.63) is 45.9 Å². The molecule has 1 aromatic heterocycles. The first-order valence-corrected chi connectivity index (χ1v) is 5.92. The van der Waals surface area contributed by atoms with E-state index in [4.69, 9.17) is 4.74 Å². The predicted molar refractivity (Wildman–Crippen MR) is 66.4 cm³/mol. The fraction of sp³-hybridized carbons (Fsp3) is 0.250. The molecule has 1 aromatic carbocycles. The van der Waals surface area contributed by atoms with E-state index in [0.717, 1.165) is 11.3 Å². The van der Waals surface area contributed by atoms with Crippen LogP contribution in [0.3, 0.4) is 0 Å². The Morgan fingerprint density at radius 1 is 1.47 bits per heavy atom. The Morgan fingerprint density at radius 2 is 2.24 bits per heavy atom. The molecule has 0 aliphatic heterocycles. The summed E-state index contributed by atoms with van der Waals surface area (Å²) in [5.74, 6) is -0.127. The van der Waals surface area contributed by atoms with Crippen molar-refractivity contribution in [3.63, 3.8) is 0 Å². The minimum absolute atomic E-state index is 0.247. The van der Waals surface area contributed by atoms with E-state index in [1.165, 1.54) is 6.07 Å². The molecule has 90 valence electrons. The molecule has 5 heteroatoms. The SMILES string of the molecule is Cc1c(COc2ccc(Br)cc2F)cnn1C. The summed E-state index contributed by atoms with van der Waals surface area (Å²) in [6.07, 6.45) is 1.73. The summed E-state index contributed by atoms with van der Waals surface area (Å²) in [5, 5.41) is 4.10. The molecule has 0 amide bonds. The Bertz CT molecular complexity index is 539. The van der Waals surface area contributed by atoms with Crippen LogP contribution in [0.4, 0.5) is 4.39 Å². The standard InChI is InChI=1S/C12H12BrFN2O/c1-8-9(6-15-16(8)2)7-17-12-4-3-10(13)5-11(12)14/h3-6H,7H2,1-2H3. The zero-order valence-corrected chi connectivity index (χ0v) is 11.2. The maximum absolute atomic E-state index is 13.5. The van der Waals surface area contributed by atoms with Gasteiger partial charge in [-0.3, -0.25) is 4.68 Å². The first-order chi connectivity index (χ1) is 8.08. The van der Waals surface area contributed by atoms with E-state index < -0.39 is 0 Å². The first kappa shape index (κ1) is 12.1. The van der Waals surface area contributed by atoms with Gasteiger partial charge in [-0.25, -0.2) is 4.39 Å². The van der Waals surface area contributed by atoms with Crippen LogP contribution < -0.4 is 4.74 Å². The van der Waals surface area contributed by atoms with Crippen LogP contribution in [-0.2, 0) is 13.7 Å². The summed E-state index contributed by atoms with van der Waals surface area (Å²) in [4.78, 5) is 0. The summed E-state index contributed by atoms with van der Waals surface area (Å²) in [6, 6.07) is 4.73. The second-order valence-corrected chi connectivity index (χ2v) is 4.66. The summed E-state index contributed by atoms with van der Waals surface area (Å²) < 4.78 is 21.4. The third-order valence-electron chi connectivity index (χ3n) is 2.61. The zero-order chi connectivity index (χ0) is 12.4. The van der Waals surface area contributed by atoms with E-state index in [1.54, 1.807) is 23.0 Å². The van der Waals surface area contributed by atoms with Gasteiger partial charge in [-0.2, -0.15) is 5.10 Å². The lowest BCUT2D eigenvalue weighted by molar-refractivity contribution is 0.289. The van der Waals surface area contributed by atoms with Gasteiger partial charge in [0.15, 0.2) is 11.6 Å². The molecule has 2 rings (SSSR count). The van der Waals surface area contributed by atoms with Gasteiger partial charge >= 0.3 is 0 Å². The highest BCUT2D eigenvalue weighted by molar-refractivity contribution is 9.10. The Morgan fingerprint density at radius 3 is 2.82 bits per heavy atom. The molecule has 17 heavy (non-hydrogen) atoms. The van der Waals surface area contributed by atoms with Gasteiger partial charge in [0.05, 0.1) is 6.20 Å². The van der Waals surface area contributed by atoms with Gasteiger partial charge < -0.3 is 4.74 Å². The van der Waals surface area contributed by atoms with Gasteiger partial charge in [-0.05, 0) is 25.1 Å². The van der Waals surface area contributed by atoms with Crippen LogP contribution in [0.1, 0.15) is 11.3 Å². The van der Waals surface area contributed by atoms with Crippen molar-refractivity contribution in [2.45, 2.75) is 13.5 Å². The molecule has 0 spiro atoms. The first-order valence-electron chi connectivity index (χ1n) is 5.13. The van der Waals surface area contributed by atoms with Gasteiger partial charge in [0.25, 0.3) is 0 Å². The fourth-order valence-corrected chi connectivity index (χ4v) is 1.77.